The van der Waals surface area contributed by atoms with Gasteiger partial charge < -0.3 is 10.0 Å². The number of carbonyl (C=O) groups is 1. The van der Waals surface area contributed by atoms with E-state index in [1.165, 1.54) is 0 Å². The first-order chi connectivity index (χ1) is 7.16. The molecule has 0 aromatic carbocycles. The Labute approximate surface area is 88.6 Å². The molecule has 0 saturated carbocycles. The standard InChI is InChI=1S/C11H14N2O2/c1-8-4-9(6-12-5-8)11(15)13-3-2-10(14)7-13/h4-6,10,14H,2-3,7H2,1H3/t10-/m1/s1. The van der Waals surface area contributed by atoms with Crippen molar-refractivity contribution in [2.45, 2.75) is 19.4 Å². The van der Waals surface area contributed by atoms with Crippen molar-refractivity contribution in [1.29, 1.82) is 0 Å². The van der Waals surface area contributed by atoms with Crippen LogP contribution in [0.3, 0.4) is 0 Å². The van der Waals surface area contributed by atoms with Crippen molar-refractivity contribution in [3.8, 4) is 0 Å². The molecule has 1 fully saturated rings. The highest BCUT2D eigenvalue weighted by molar-refractivity contribution is 5.94. The predicted octanol–water partition coefficient (Wildman–Crippen LogP) is 0.597. The van der Waals surface area contributed by atoms with Crippen molar-refractivity contribution in [1.82, 2.24) is 9.88 Å². The summed E-state index contributed by atoms with van der Waals surface area (Å²) in [6.45, 7) is 2.98. The lowest BCUT2D eigenvalue weighted by atomic mass is 10.2. The van der Waals surface area contributed by atoms with E-state index in [4.69, 9.17) is 0 Å². The van der Waals surface area contributed by atoms with E-state index < -0.39 is 0 Å². The highest BCUT2D eigenvalue weighted by Crippen LogP contribution is 2.13. The molecule has 0 radical (unpaired) electrons. The average Bonchev–Trinajstić information content (AvgIpc) is 2.64. The summed E-state index contributed by atoms with van der Waals surface area (Å²) in [6, 6.07) is 1.82. The van der Waals surface area contributed by atoms with Gasteiger partial charge in [-0.15, -0.1) is 0 Å². The second kappa shape index (κ2) is 3.98. The van der Waals surface area contributed by atoms with E-state index in [9.17, 15) is 9.90 Å². The number of pyridine rings is 1. The number of amides is 1. The Bertz CT molecular complexity index is 379. The molecule has 0 aliphatic carbocycles. The summed E-state index contributed by atoms with van der Waals surface area (Å²) in [6.07, 6.45) is 3.59. The fourth-order valence-corrected chi connectivity index (χ4v) is 1.78. The molecule has 0 unspecified atom stereocenters. The second-order valence-electron chi connectivity index (χ2n) is 3.94. The Kier molecular flexibility index (Phi) is 2.68. The van der Waals surface area contributed by atoms with Gasteiger partial charge in [-0.05, 0) is 25.0 Å². The summed E-state index contributed by atoms with van der Waals surface area (Å²) >= 11 is 0. The number of β-amino-alcohol motifs (C(OH)–C–C–N with tert-alkyl or cyclic N) is 1. The first kappa shape index (κ1) is 10.1. The van der Waals surface area contributed by atoms with Crippen LogP contribution in [-0.4, -0.2) is 40.1 Å². The minimum atomic E-state index is -0.369. The van der Waals surface area contributed by atoms with Crippen LogP contribution < -0.4 is 0 Å². The Hall–Kier alpha value is -1.42. The predicted molar refractivity (Wildman–Crippen MR) is 55.5 cm³/mol. The van der Waals surface area contributed by atoms with Crippen molar-refractivity contribution in [3.63, 3.8) is 0 Å². The lowest BCUT2D eigenvalue weighted by Gasteiger charge is -2.15. The molecule has 0 spiro atoms. The zero-order valence-electron chi connectivity index (χ0n) is 8.68. The summed E-state index contributed by atoms with van der Waals surface area (Å²) < 4.78 is 0. The topological polar surface area (TPSA) is 53.4 Å². The van der Waals surface area contributed by atoms with Crippen LogP contribution in [0.2, 0.25) is 0 Å². The zero-order valence-corrected chi connectivity index (χ0v) is 8.68. The smallest absolute Gasteiger partial charge is 0.255 e. The van der Waals surface area contributed by atoms with Gasteiger partial charge in [-0.1, -0.05) is 0 Å². The molecule has 1 saturated heterocycles. The third-order valence-electron chi connectivity index (χ3n) is 2.57. The number of hydrogen-bond acceptors (Lipinski definition) is 3. The maximum atomic E-state index is 11.9. The quantitative estimate of drug-likeness (QED) is 0.732. The fraction of sp³-hybridized carbons (Fsp3) is 0.455. The van der Waals surface area contributed by atoms with Crippen LogP contribution in [0.1, 0.15) is 22.3 Å². The fourth-order valence-electron chi connectivity index (χ4n) is 1.78. The van der Waals surface area contributed by atoms with E-state index in [-0.39, 0.29) is 12.0 Å². The van der Waals surface area contributed by atoms with E-state index in [2.05, 4.69) is 4.98 Å². The Morgan fingerprint density at radius 2 is 2.40 bits per heavy atom. The monoisotopic (exact) mass is 206 g/mol. The van der Waals surface area contributed by atoms with E-state index in [1.54, 1.807) is 17.3 Å². The third kappa shape index (κ3) is 2.15. The molecule has 1 aromatic heterocycles. The largest absolute Gasteiger partial charge is 0.391 e. The number of aliphatic hydroxyl groups excluding tert-OH is 1. The molecule has 4 heteroatoms. The maximum absolute atomic E-state index is 11.9. The van der Waals surface area contributed by atoms with Gasteiger partial charge in [0.15, 0.2) is 0 Å². The van der Waals surface area contributed by atoms with Crippen LogP contribution in [0.5, 0.6) is 0 Å². The van der Waals surface area contributed by atoms with Gasteiger partial charge in [-0.3, -0.25) is 9.78 Å². The number of rotatable bonds is 1. The van der Waals surface area contributed by atoms with Crippen molar-refractivity contribution < 1.29 is 9.90 Å². The van der Waals surface area contributed by atoms with E-state index in [0.29, 0.717) is 25.1 Å². The van der Waals surface area contributed by atoms with Crippen molar-refractivity contribution in [3.05, 3.63) is 29.6 Å². The van der Waals surface area contributed by atoms with Crippen LogP contribution in [0, 0.1) is 6.92 Å². The van der Waals surface area contributed by atoms with Gasteiger partial charge in [0.2, 0.25) is 0 Å². The molecule has 1 amide bonds. The molecule has 80 valence electrons. The van der Waals surface area contributed by atoms with Gasteiger partial charge in [0.1, 0.15) is 0 Å². The number of aryl methyl sites for hydroxylation is 1. The lowest BCUT2D eigenvalue weighted by molar-refractivity contribution is 0.0764. The number of hydrogen-bond donors (Lipinski definition) is 1. The molecule has 0 bridgehead atoms. The van der Waals surface area contributed by atoms with Crippen LogP contribution in [-0.2, 0) is 0 Å². The normalized spacial score (nSPS) is 20.7. The average molecular weight is 206 g/mol. The second-order valence-corrected chi connectivity index (χ2v) is 3.94. The van der Waals surface area contributed by atoms with Gasteiger partial charge in [0, 0.05) is 25.5 Å². The van der Waals surface area contributed by atoms with Gasteiger partial charge in [-0.25, -0.2) is 0 Å². The number of nitrogens with zero attached hydrogens (tertiary/aromatic N) is 2. The highest BCUT2D eigenvalue weighted by Gasteiger charge is 2.25. The van der Waals surface area contributed by atoms with Gasteiger partial charge >= 0.3 is 0 Å². The lowest BCUT2D eigenvalue weighted by Crippen LogP contribution is -2.29. The molecule has 1 aliphatic rings. The molecular weight excluding hydrogens is 192 g/mol. The zero-order chi connectivity index (χ0) is 10.8. The van der Waals surface area contributed by atoms with Crippen LogP contribution in [0.25, 0.3) is 0 Å². The molecule has 1 aliphatic heterocycles. The van der Waals surface area contributed by atoms with Gasteiger partial charge in [0.25, 0.3) is 5.91 Å². The summed E-state index contributed by atoms with van der Waals surface area (Å²) in [5.41, 5.74) is 1.57. The Morgan fingerprint density at radius 1 is 1.60 bits per heavy atom. The van der Waals surface area contributed by atoms with E-state index in [1.807, 2.05) is 13.0 Å². The maximum Gasteiger partial charge on any atom is 0.255 e. The molecule has 4 nitrogen and oxygen atoms in total. The van der Waals surface area contributed by atoms with Crippen molar-refractivity contribution in [2.75, 3.05) is 13.1 Å². The minimum absolute atomic E-state index is 0.0391. The van der Waals surface area contributed by atoms with E-state index in [0.717, 1.165) is 5.56 Å². The van der Waals surface area contributed by atoms with Crippen molar-refractivity contribution in [2.24, 2.45) is 0 Å². The van der Waals surface area contributed by atoms with Gasteiger partial charge in [-0.2, -0.15) is 0 Å². The Balaban J connectivity index is 2.14. The molecule has 15 heavy (non-hydrogen) atoms. The van der Waals surface area contributed by atoms with Crippen LogP contribution in [0.15, 0.2) is 18.5 Å². The summed E-state index contributed by atoms with van der Waals surface area (Å²) in [7, 11) is 0. The molecule has 1 atom stereocenters. The number of likely N-dealkylation sites (tertiary alicyclic amines) is 1. The van der Waals surface area contributed by atoms with Crippen LogP contribution in [0.4, 0.5) is 0 Å². The van der Waals surface area contributed by atoms with E-state index >= 15 is 0 Å². The minimum Gasteiger partial charge on any atom is -0.391 e. The summed E-state index contributed by atoms with van der Waals surface area (Å²) in [5.74, 6) is -0.0391. The molecular formula is C11H14N2O2. The first-order valence-electron chi connectivity index (χ1n) is 5.06. The summed E-state index contributed by atoms with van der Waals surface area (Å²) in [4.78, 5) is 17.6. The molecule has 2 rings (SSSR count). The number of aromatic nitrogens is 1. The first-order valence-corrected chi connectivity index (χ1v) is 5.06. The molecule has 1 N–H and O–H groups in total. The highest BCUT2D eigenvalue weighted by atomic mass is 16.3. The van der Waals surface area contributed by atoms with Gasteiger partial charge in [0.05, 0.1) is 11.7 Å². The Morgan fingerprint density at radius 3 is 3.00 bits per heavy atom. The van der Waals surface area contributed by atoms with Crippen molar-refractivity contribution >= 4 is 5.91 Å². The summed E-state index contributed by atoms with van der Waals surface area (Å²) in [5, 5.41) is 9.34. The number of carbonyl (C=O) groups excluding carboxylic acids is 1. The molecule has 2 heterocycles. The SMILES string of the molecule is Cc1cncc(C(=O)N2CC[C@@H](O)C2)c1. The molecule has 1 aromatic rings. The van der Waals surface area contributed by atoms with Crippen LogP contribution >= 0.6 is 0 Å². The number of aliphatic hydroxyl groups is 1. The third-order valence-corrected chi connectivity index (χ3v) is 2.57.